The lowest BCUT2D eigenvalue weighted by atomic mass is 10.1. The van der Waals surface area contributed by atoms with Gasteiger partial charge in [0.05, 0.1) is 8.07 Å². The quantitative estimate of drug-likeness (QED) is 0.545. The smallest absolute Gasteiger partial charge is 0.150 e. The van der Waals surface area contributed by atoms with E-state index in [9.17, 15) is 4.79 Å². The fourth-order valence-corrected chi connectivity index (χ4v) is 1.72. The first-order chi connectivity index (χ1) is 6.51. The van der Waals surface area contributed by atoms with Gasteiger partial charge in [0, 0.05) is 5.56 Å². The van der Waals surface area contributed by atoms with E-state index in [0.29, 0.717) is 0 Å². The van der Waals surface area contributed by atoms with Crippen LogP contribution in [0.1, 0.15) is 15.9 Å². The number of hydrogen-bond donors (Lipinski definition) is 0. The van der Waals surface area contributed by atoms with Crippen LogP contribution in [0.3, 0.4) is 0 Å². The van der Waals surface area contributed by atoms with Gasteiger partial charge in [0.1, 0.15) is 6.29 Å². The predicted octanol–water partition coefficient (Wildman–Crippen LogP) is 3.39. The van der Waals surface area contributed by atoms with E-state index in [-0.39, 0.29) is 0 Å². The van der Waals surface area contributed by atoms with Crippen LogP contribution >= 0.6 is 0 Å². The number of rotatable bonds is 3. The number of carbonyl (C=O) groups excluding carboxylic acids is 1. The third-order valence-electron chi connectivity index (χ3n) is 1.85. The summed E-state index contributed by atoms with van der Waals surface area (Å²) in [6, 6.07) is 7.63. The van der Waals surface area contributed by atoms with Gasteiger partial charge in [-0.25, -0.2) is 0 Å². The monoisotopic (exact) mass is 204 g/mol. The first-order valence-electron chi connectivity index (χ1n) is 4.76. The van der Waals surface area contributed by atoms with E-state index in [4.69, 9.17) is 0 Å². The van der Waals surface area contributed by atoms with Gasteiger partial charge in [-0.05, 0) is 5.56 Å². The van der Waals surface area contributed by atoms with Gasteiger partial charge in [0.25, 0.3) is 0 Å². The molecule has 0 radical (unpaired) electrons. The Kier molecular flexibility index (Phi) is 3.41. The fourth-order valence-electron chi connectivity index (χ4n) is 1.03. The zero-order chi connectivity index (χ0) is 10.6. The predicted molar refractivity (Wildman–Crippen MR) is 64.2 cm³/mol. The van der Waals surface area contributed by atoms with Crippen LogP contribution in [0, 0.1) is 0 Å². The largest absolute Gasteiger partial charge is 0.298 e. The highest BCUT2D eigenvalue weighted by Crippen LogP contribution is 2.09. The summed E-state index contributed by atoms with van der Waals surface area (Å²) >= 11 is 0. The summed E-state index contributed by atoms with van der Waals surface area (Å²) in [5.41, 5.74) is 4.19. The van der Waals surface area contributed by atoms with E-state index in [2.05, 4.69) is 31.4 Å². The number of hydrogen-bond acceptors (Lipinski definition) is 1. The van der Waals surface area contributed by atoms with Crippen molar-refractivity contribution in [3.05, 3.63) is 41.1 Å². The Hall–Kier alpha value is -1.15. The van der Waals surface area contributed by atoms with Crippen molar-refractivity contribution in [2.75, 3.05) is 0 Å². The van der Waals surface area contributed by atoms with E-state index in [1.165, 1.54) is 0 Å². The molecule has 0 saturated carbocycles. The van der Waals surface area contributed by atoms with Crippen molar-refractivity contribution < 1.29 is 4.79 Å². The van der Waals surface area contributed by atoms with E-state index in [0.717, 1.165) is 17.4 Å². The first-order valence-corrected chi connectivity index (χ1v) is 8.33. The summed E-state index contributed by atoms with van der Waals surface area (Å²) in [6.45, 7) is 6.88. The van der Waals surface area contributed by atoms with Gasteiger partial charge in [-0.1, -0.05) is 55.7 Å². The standard InChI is InChI=1S/C12H16OSi/c1-14(2,3)9-8-11-4-6-12(10-13)7-5-11/h4-10H,1-3H3/b9-8+. The molecule has 0 amide bonds. The minimum absolute atomic E-state index is 0.732. The van der Waals surface area contributed by atoms with E-state index < -0.39 is 8.07 Å². The summed E-state index contributed by atoms with van der Waals surface area (Å²) < 4.78 is 0. The topological polar surface area (TPSA) is 17.1 Å². The Bertz CT molecular complexity index is 330. The Morgan fingerprint density at radius 1 is 1.00 bits per heavy atom. The summed E-state index contributed by atoms with van der Waals surface area (Å²) in [5.74, 6) is 0. The van der Waals surface area contributed by atoms with Crippen LogP contribution in [-0.2, 0) is 0 Å². The molecule has 1 rings (SSSR count). The maximum absolute atomic E-state index is 10.4. The molecule has 0 aliphatic heterocycles. The molecule has 0 aliphatic carbocycles. The SMILES string of the molecule is C[Si](C)(C)/C=C/c1ccc(C=O)cc1. The summed E-state index contributed by atoms with van der Waals surface area (Å²) in [7, 11) is -1.11. The summed E-state index contributed by atoms with van der Waals surface area (Å²) in [5, 5.41) is 0. The molecule has 0 aromatic heterocycles. The Morgan fingerprint density at radius 2 is 1.50 bits per heavy atom. The van der Waals surface area contributed by atoms with Gasteiger partial charge in [0.2, 0.25) is 0 Å². The lowest BCUT2D eigenvalue weighted by Crippen LogP contribution is -2.15. The lowest BCUT2D eigenvalue weighted by Gasteiger charge is -2.07. The third-order valence-corrected chi connectivity index (χ3v) is 3.01. The third kappa shape index (κ3) is 3.71. The molecule has 0 N–H and O–H groups in total. The maximum atomic E-state index is 10.4. The summed E-state index contributed by atoms with van der Waals surface area (Å²) in [6.07, 6.45) is 3.01. The molecule has 0 aliphatic rings. The first kappa shape index (κ1) is 10.9. The highest BCUT2D eigenvalue weighted by atomic mass is 28.3. The molecular formula is C12H16OSi. The molecule has 0 heterocycles. The molecule has 0 spiro atoms. The van der Waals surface area contributed by atoms with Crippen molar-refractivity contribution >= 4 is 20.4 Å². The average Bonchev–Trinajstić information content (AvgIpc) is 2.14. The van der Waals surface area contributed by atoms with Crippen molar-refractivity contribution in [3.63, 3.8) is 0 Å². The van der Waals surface area contributed by atoms with Gasteiger partial charge < -0.3 is 0 Å². The van der Waals surface area contributed by atoms with E-state index >= 15 is 0 Å². The molecule has 2 heteroatoms. The average molecular weight is 204 g/mol. The van der Waals surface area contributed by atoms with Crippen LogP contribution in [0.5, 0.6) is 0 Å². The van der Waals surface area contributed by atoms with Crippen molar-refractivity contribution in [1.82, 2.24) is 0 Å². The maximum Gasteiger partial charge on any atom is 0.150 e. The molecule has 1 aromatic rings. The van der Waals surface area contributed by atoms with Gasteiger partial charge in [0.15, 0.2) is 0 Å². The second-order valence-corrected chi connectivity index (χ2v) is 9.55. The minimum atomic E-state index is -1.11. The van der Waals surface area contributed by atoms with Crippen LogP contribution in [0.15, 0.2) is 30.0 Å². The van der Waals surface area contributed by atoms with Crippen molar-refractivity contribution in [3.8, 4) is 0 Å². The van der Waals surface area contributed by atoms with Crippen molar-refractivity contribution in [2.24, 2.45) is 0 Å². The molecule has 1 aromatic carbocycles. The fraction of sp³-hybridized carbons (Fsp3) is 0.250. The summed E-state index contributed by atoms with van der Waals surface area (Å²) in [4.78, 5) is 10.4. The number of carbonyl (C=O) groups is 1. The second kappa shape index (κ2) is 4.38. The molecule has 0 unspecified atom stereocenters. The van der Waals surface area contributed by atoms with Crippen LogP contribution in [0.4, 0.5) is 0 Å². The minimum Gasteiger partial charge on any atom is -0.298 e. The van der Waals surface area contributed by atoms with Crippen molar-refractivity contribution in [2.45, 2.75) is 19.6 Å². The van der Waals surface area contributed by atoms with Crippen LogP contribution in [0.25, 0.3) is 6.08 Å². The molecule has 0 fully saturated rings. The highest BCUT2D eigenvalue weighted by molar-refractivity contribution is 6.81. The van der Waals surface area contributed by atoms with E-state index in [1.54, 1.807) is 0 Å². The highest BCUT2D eigenvalue weighted by Gasteiger charge is 2.06. The Morgan fingerprint density at radius 3 is 1.93 bits per heavy atom. The molecule has 74 valence electrons. The van der Waals surface area contributed by atoms with Crippen LogP contribution < -0.4 is 0 Å². The van der Waals surface area contributed by atoms with Crippen LogP contribution in [-0.4, -0.2) is 14.4 Å². The molecular weight excluding hydrogens is 188 g/mol. The zero-order valence-corrected chi connectivity index (χ0v) is 9.95. The van der Waals surface area contributed by atoms with Crippen molar-refractivity contribution in [1.29, 1.82) is 0 Å². The zero-order valence-electron chi connectivity index (χ0n) is 8.95. The number of aldehydes is 1. The second-order valence-electron chi connectivity index (χ2n) is 4.48. The van der Waals surface area contributed by atoms with E-state index in [1.807, 2.05) is 24.3 Å². The van der Waals surface area contributed by atoms with Gasteiger partial charge in [-0.2, -0.15) is 0 Å². The number of benzene rings is 1. The van der Waals surface area contributed by atoms with Gasteiger partial charge in [-0.15, -0.1) is 0 Å². The molecule has 1 nitrogen and oxygen atoms in total. The van der Waals surface area contributed by atoms with Crippen LogP contribution in [0.2, 0.25) is 19.6 Å². The Balaban J connectivity index is 2.78. The lowest BCUT2D eigenvalue weighted by molar-refractivity contribution is 0.112. The normalized spacial score (nSPS) is 11.9. The molecule has 14 heavy (non-hydrogen) atoms. The van der Waals surface area contributed by atoms with Gasteiger partial charge >= 0.3 is 0 Å². The molecule has 0 saturated heterocycles. The molecule has 0 atom stereocenters. The Labute approximate surface area is 86.5 Å². The van der Waals surface area contributed by atoms with Gasteiger partial charge in [-0.3, -0.25) is 4.79 Å². The molecule has 0 bridgehead atoms.